The van der Waals surface area contributed by atoms with Crippen LogP contribution in [0, 0.1) is 11.3 Å². The number of nitriles is 1. The van der Waals surface area contributed by atoms with Crippen LogP contribution in [0.1, 0.15) is 37.8 Å². The van der Waals surface area contributed by atoms with Gasteiger partial charge in [0.05, 0.1) is 12.7 Å². The van der Waals surface area contributed by atoms with Gasteiger partial charge in [-0.1, -0.05) is 6.07 Å². The number of benzene rings is 1. The van der Waals surface area contributed by atoms with Crippen LogP contribution in [0.25, 0.3) is 0 Å². The summed E-state index contributed by atoms with van der Waals surface area (Å²) < 4.78 is 5.30. The number of ether oxygens (including phenoxy) is 1. The molecule has 1 unspecified atom stereocenters. The van der Waals surface area contributed by atoms with Crippen LogP contribution in [0.3, 0.4) is 0 Å². The molecule has 1 aliphatic heterocycles. The van der Waals surface area contributed by atoms with Crippen LogP contribution in [0.5, 0.6) is 5.75 Å². The van der Waals surface area contributed by atoms with Crippen LogP contribution in [0.4, 0.5) is 0 Å². The lowest BCUT2D eigenvalue weighted by Crippen LogP contribution is -2.40. The molecule has 1 saturated heterocycles. The molecule has 1 aliphatic rings. The van der Waals surface area contributed by atoms with Crippen molar-refractivity contribution < 1.29 is 4.74 Å². The molecule has 1 heterocycles. The van der Waals surface area contributed by atoms with E-state index in [9.17, 15) is 0 Å². The van der Waals surface area contributed by atoms with E-state index in [2.05, 4.69) is 30.1 Å². The third kappa shape index (κ3) is 4.20. The monoisotopic (exact) mass is 287 g/mol. The van der Waals surface area contributed by atoms with E-state index in [-0.39, 0.29) is 0 Å². The standard InChI is InChI=1S/C17H25N3O/c1-13(2)20(12-16-5-4-8-19-16)11-14-6-7-15(10-18)17(9-14)21-3/h6-7,9,13,16,19H,4-5,8,11-12H2,1-3H3. The quantitative estimate of drug-likeness (QED) is 0.873. The van der Waals surface area contributed by atoms with Crippen LogP contribution < -0.4 is 10.1 Å². The molecular weight excluding hydrogens is 262 g/mol. The van der Waals surface area contributed by atoms with E-state index >= 15 is 0 Å². The molecule has 0 aromatic heterocycles. The zero-order valence-electron chi connectivity index (χ0n) is 13.2. The molecule has 0 bridgehead atoms. The Morgan fingerprint density at radius 1 is 1.48 bits per heavy atom. The van der Waals surface area contributed by atoms with Gasteiger partial charge in [0.25, 0.3) is 0 Å². The summed E-state index contributed by atoms with van der Waals surface area (Å²) in [5.41, 5.74) is 1.78. The zero-order valence-corrected chi connectivity index (χ0v) is 13.2. The molecule has 114 valence electrons. The van der Waals surface area contributed by atoms with Crippen molar-refractivity contribution in [2.75, 3.05) is 20.2 Å². The van der Waals surface area contributed by atoms with Gasteiger partial charge in [-0.25, -0.2) is 0 Å². The van der Waals surface area contributed by atoms with Crippen molar-refractivity contribution in [1.82, 2.24) is 10.2 Å². The topological polar surface area (TPSA) is 48.3 Å². The second-order valence-electron chi connectivity index (χ2n) is 5.96. The van der Waals surface area contributed by atoms with Gasteiger partial charge in [-0.05, 0) is 50.9 Å². The third-order valence-corrected chi connectivity index (χ3v) is 4.12. The average Bonchev–Trinajstić information content (AvgIpc) is 2.99. The number of hydrogen-bond donors (Lipinski definition) is 1. The summed E-state index contributed by atoms with van der Waals surface area (Å²) in [4.78, 5) is 2.48. The Balaban J connectivity index is 2.07. The minimum Gasteiger partial charge on any atom is -0.495 e. The fourth-order valence-corrected chi connectivity index (χ4v) is 2.81. The highest BCUT2D eigenvalue weighted by Crippen LogP contribution is 2.21. The second kappa shape index (κ2) is 7.44. The fourth-order valence-electron chi connectivity index (χ4n) is 2.81. The molecule has 0 spiro atoms. The molecule has 1 fully saturated rings. The number of nitrogens with one attached hydrogen (secondary N) is 1. The van der Waals surface area contributed by atoms with Crippen molar-refractivity contribution >= 4 is 0 Å². The lowest BCUT2D eigenvalue weighted by Gasteiger charge is -2.29. The van der Waals surface area contributed by atoms with Crippen LogP contribution in [-0.4, -0.2) is 37.2 Å². The van der Waals surface area contributed by atoms with Crippen molar-refractivity contribution in [2.45, 2.75) is 45.3 Å². The van der Waals surface area contributed by atoms with Gasteiger partial charge in [0.2, 0.25) is 0 Å². The molecule has 2 rings (SSSR count). The largest absolute Gasteiger partial charge is 0.495 e. The molecule has 1 N–H and O–H groups in total. The van der Waals surface area contributed by atoms with Crippen LogP contribution >= 0.6 is 0 Å². The Labute approximate surface area is 127 Å². The number of nitrogens with zero attached hydrogens (tertiary/aromatic N) is 2. The Hall–Kier alpha value is -1.57. The van der Waals surface area contributed by atoms with Crippen LogP contribution in [0.15, 0.2) is 18.2 Å². The normalized spacial score (nSPS) is 18.2. The van der Waals surface area contributed by atoms with E-state index in [1.165, 1.54) is 18.4 Å². The maximum absolute atomic E-state index is 9.05. The molecule has 4 nitrogen and oxygen atoms in total. The number of hydrogen-bond acceptors (Lipinski definition) is 4. The van der Waals surface area contributed by atoms with Gasteiger partial charge in [-0.15, -0.1) is 0 Å². The molecule has 0 amide bonds. The molecule has 1 atom stereocenters. The average molecular weight is 287 g/mol. The summed E-state index contributed by atoms with van der Waals surface area (Å²) in [7, 11) is 1.61. The van der Waals surface area contributed by atoms with E-state index in [1.54, 1.807) is 7.11 Å². The van der Waals surface area contributed by atoms with Crippen LogP contribution in [-0.2, 0) is 6.54 Å². The predicted molar refractivity (Wildman–Crippen MR) is 84.3 cm³/mol. The van der Waals surface area contributed by atoms with Crippen molar-refractivity contribution in [3.63, 3.8) is 0 Å². The maximum Gasteiger partial charge on any atom is 0.136 e. The van der Waals surface area contributed by atoms with Crippen molar-refractivity contribution in [2.24, 2.45) is 0 Å². The van der Waals surface area contributed by atoms with Gasteiger partial charge < -0.3 is 10.1 Å². The first-order valence-corrected chi connectivity index (χ1v) is 7.68. The Bertz CT molecular complexity index is 501. The van der Waals surface area contributed by atoms with E-state index in [0.717, 1.165) is 19.6 Å². The minimum atomic E-state index is 0.494. The highest BCUT2D eigenvalue weighted by Gasteiger charge is 2.20. The first-order chi connectivity index (χ1) is 10.1. The third-order valence-electron chi connectivity index (χ3n) is 4.12. The molecule has 0 saturated carbocycles. The molecule has 0 radical (unpaired) electrons. The van der Waals surface area contributed by atoms with Crippen molar-refractivity contribution in [3.8, 4) is 11.8 Å². The Kier molecular flexibility index (Phi) is 5.60. The highest BCUT2D eigenvalue weighted by molar-refractivity contribution is 5.45. The van der Waals surface area contributed by atoms with Crippen LogP contribution in [0.2, 0.25) is 0 Å². The first-order valence-electron chi connectivity index (χ1n) is 7.68. The number of rotatable bonds is 6. The summed E-state index contributed by atoms with van der Waals surface area (Å²) in [5, 5.41) is 12.6. The SMILES string of the molecule is COc1cc(CN(CC2CCCN2)C(C)C)ccc1C#N. The highest BCUT2D eigenvalue weighted by atomic mass is 16.5. The fraction of sp³-hybridized carbons (Fsp3) is 0.588. The van der Waals surface area contributed by atoms with Crippen molar-refractivity contribution in [3.05, 3.63) is 29.3 Å². The summed E-state index contributed by atoms with van der Waals surface area (Å²) in [5.74, 6) is 0.665. The molecule has 1 aromatic carbocycles. The summed E-state index contributed by atoms with van der Waals surface area (Å²) in [6.45, 7) is 7.56. The molecule has 21 heavy (non-hydrogen) atoms. The molecular formula is C17H25N3O. The van der Waals surface area contributed by atoms with E-state index in [0.29, 0.717) is 23.4 Å². The lowest BCUT2D eigenvalue weighted by atomic mass is 10.1. The van der Waals surface area contributed by atoms with E-state index in [4.69, 9.17) is 10.00 Å². The maximum atomic E-state index is 9.05. The second-order valence-corrected chi connectivity index (χ2v) is 5.96. The smallest absolute Gasteiger partial charge is 0.136 e. The van der Waals surface area contributed by atoms with Crippen molar-refractivity contribution in [1.29, 1.82) is 5.26 Å². The lowest BCUT2D eigenvalue weighted by molar-refractivity contribution is 0.194. The van der Waals surface area contributed by atoms with Gasteiger partial charge >= 0.3 is 0 Å². The first kappa shape index (κ1) is 15.8. The van der Waals surface area contributed by atoms with Gasteiger partial charge in [-0.3, -0.25) is 4.90 Å². The summed E-state index contributed by atoms with van der Waals surface area (Å²) in [6.07, 6.45) is 2.54. The predicted octanol–water partition coefficient (Wildman–Crippen LogP) is 2.53. The molecule has 1 aromatic rings. The molecule has 4 heteroatoms. The van der Waals surface area contributed by atoms with Gasteiger partial charge in [-0.2, -0.15) is 5.26 Å². The Morgan fingerprint density at radius 3 is 2.86 bits per heavy atom. The Morgan fingerprint density at radius 2 is 2.29 bits per heavy atom. The summed E-state index contributed by atoms with van der Waals surface area (Å²) in [6, 6.07) is 9.11. The molecule has 0 aliphatic carbocycles. The zero-order chi connectivity index (χ0) is 15.2. The summed E-state index contributed by atoms with van der Waals surface area (Å²) >= 11 is 0. The van der Waals surface area contributed by atoms with Gasteiger partial charge in [0.1, 0.15) is 11.8 Å². The van der Waals surface area contributed by atoms with Gasteiger partial charge in [0, 0.05) is 25.2 Å². The van der Waals surface area contributed by atoms with E-state index < -0.39 is 0 Å². The number of methoxy groups -OCH3 is 1. The van der Waals surface area contributed by atoms with E-state index in [1.807, 2.05) is 18.2 Å². The van der Waals surface area contributed by atoms with Gasteiger partial charge in [0.15, 0.2) is 0 Å². The minimum absolute atomic E-state index is 0.494.